The fourth-order valence-corrected chi connectivity index (χ4v) is 3.23. The first-order valence-electron chi connectivity index (χ1n) is 10.8. The van der Waals surface area contributed by atoms with Crippen molar-refractivity contribution in [2.75, 3.05) is 13.1 Å². The van der Waals surface area contributed by atoms with Crippen LogP contribution < -0.4 is 0 Å². The van der Waals surface area contributed by atoms with Crippen molar-refractivity contribution in [2.24, 2.45) is 0 Å². The van der Waals surface area contributed by atoms with Crippen molar-refractivity contribution in [3.8, 4) is 0 Å². The van der Waals surface area contributed by atoms with Gasteiger partial charge in [-0.2, -0.15) is 0 Å². The summed E-state index contributed by atoms with van der Waals surface area (Å²) in [7, 11) is 0. The highest BCUT2D eigenvalue weighted by Gasteiger charge is 2.33. The van der Waals surface area contributed by atoms with Gasteiger partial charge in [0.05, 0.1) is 0 Å². The molecule has 0 fully saturated rings. The fraction of sp³-hybridized carbons (Fsp3) is 0.652. The molecule has 6 heteroatoms. The van der Waals surface area contributed by atoms with Gasteiger partial charge in [-0.3, -0.25) is 29.0 Å². The van der Waals surface area contributed by atoms with Crippen molar-refractivity contribution >= 4 is 23.6 Å². The number of carbonyl (C=O) groups is 4. The van der Waals surface area contributed by atoms with E-state index in [4.69, 9.17) is 0 Å². The van der Waals surface area contributed by atoms with Gasteiger partial charge in [-0.05, 0) is 40.5 Å². The summed E-state index contributed by atoms with van der Waals surface area (Å²) in [5, 5.41) is 0. The lowest BCUT2D eigenvalue weighted by Crippen LogP contribution is -2.32. The lowest BCUT2D eigenvalue weighted by atomic mass is 10.1. The summed E-state index contributed by atoms with van der Waals surface area (Å²) in [6.07, 6.45) is 7.55. The molecule has 0 saturated heterocycles. The number of unbranched alkanes of at least 4 members (excludes halogenated alkanes) is 5. The average molecular weight is 405 g/mol. The van der Waals surface area contributed by atoms with Crippen molar-refractivity contribution in [1.29, 1.82) is 0 Å². The molecule has 0 aliphatic carbocycles. The van der Waals surface area contributed by atoms with E-state index in [1.165, 1.54) is 29.1 Å². The number of carbonyl (C=O) groups excluding carboxylic acids is 4. The summed E-state index contributed by atoms with van der Waals surface area (Å²) in [4.78, 5) is 49.1. The Morgan fingerprint density at radius 3 is 1.14 bits per heavy atom. The molecule has 4 amide bonds. The molecule has 2 aliphatic heterocycles. The van der Waals surface area contributed by atoms with E-state index in [1.54, 1.807) is 27.7 Å². The molecule has 2 aliphatic rings. The van der Waals surface area contributed by atoms with Crippen LogP contribution >= 0.6 is 0 Å². The molecule has 0 N–H and O–H groups in total. The molecule has 0 unspecified atom stereocenters. The second-order valence-electron chi connectivity index (χ2n) is 7.79. The Bertz CT molecular complexity index is 670. The van der Waals surface area contributed by atoms with Crippen LogP contribution in [0.3, 0.4) is 0 Å². The normalized spacial score (nSPS) is 17.0. The SMILES string of the molecule is CCCCCCCN1C(=O)C(C)=C(C)C1=O.CCCCN1C(=O)C(C)=C(C)C1=O. The molecule has 0 radical (unpaired) electrons. The number of imide groups is 2. The van der Waals surface area contributed by atoms with E-state index in [0.29, 0.717) is 35.4 Å². The summed E-state index contributed by atoms with van der Waals surface area (Å²) in [5.74, 6) is -0.428. The first-order chi connectivity index (χ1) is 13.7. The first-order valence-corrected chi connectivity index (χ1v) is 10.8. The van der Waals surface area contributed by atoms with Crippen molar-refractivity contribution < 1.29 is 19.2 Å². The van der Waals surface area contributed by atoms with Gasteiger partial charge in [0, 0.05) is 35.4 Å². The zero-order chi connectivity index (χ0) is 22.1. The minimum atomic E-state index is -0.115. The predicted molar refractivity (Wildman–Crippen MR) is 114 cm³/mol. The van der Waals surface area contributed by atoms with Crippen LogP contribution in [0.1, 0.15) is 86.5 Å². The van der Waals surface area contributed by atoms with Gasteiger partial charge in [-0.15, -0.1) is 0 Å². The van der Waals surface area contributed by atoms with Gasteiger partial charge >= 0.3 is 0 Å². The smallest absolute Gasteiger partial charge is 0.256 e. The van der Waals surface area contributed by atoms with Gasteiger partial charge in [-0.25, -0.2) is 0 Å². The Morgan fingerprint density at radius 2 is 0.793 bits per heavy atom. The van der Waals surface area contributed by atoms with Crippen molar-refractivity contribution in [3.05, 3.63) is 22.3 Å². The number of hydrogen-bond acceptors (Lipinski definition) is 4. The molecule has 0 bridgehead atoms. The largest absolute Gasteiger partial charge is 0.275 e. The zero-order valence-corrected chi connectivity index (χ0v) is 18.9. The molecule has 2 rings (SSSR count). The van der Waals surface area contributed by atoms with Crippen LogP contribution in [0.25, 0.3) is 0 Å². The highest BCUT2D eigenvalue weighted by atomic mass is 16.2. The van der Waals surface area contributed by atoms with E-state index >= 15 is 0 Å². The summed E-state index contributed by atoms with van der Waals surface area (Å²) >= 11 is 0. The van der Waals surface area contributed by atoms with Gasteiger partial charge in [0.15, 0.2) is 0 Å². The Labute approximate surface area is 175 Å². The van der Waals surface area contributed by atoms with Gasteiger partial charge in [-0.1, -0.05) is 46.0 Å². The Hall–Kier alpha value is -2.24. The summed E-state index contributed by atoms with van der Waals surface area (Å²) in [5.41, 5.74) is 2.42. The molecular weight excluding hydrogens is 368 g/mol. The maximum Gasteiger partial charge on any atom is 0.256 e. The third-order valence-electron chi connectivity index (χ3n) is 5.61. The highest BCUT2D eigenvalue weighted by molar-refractivity contribution is 6.19. The topological polar surface area (TPSA) is 74.8 Å². The standard InChI is InChI=1S/C13H21NO2.C10H15NO2/c1-4-5-6-7-8-9-14-12(15)10(2)11(3)13(14)16;1-4-5-6-11-9(12)7(2)8(3)10(11)13/h4-9H2,1-3H3;4-6H2,1-3H3. The van der Waals surface area contributed by atoms with Crippen molar-refractivity contribution in [2.45, 2.75) is 86.5 Å². The second-order valence-corrected chi connectivity index (χ2v) is 7.79. The fourth-order valence-electron chi connectivity index (χ4n) is 3.23. The van der Waals surface area contributed by atoms with Crippen LogP contribution in [-0.2, 0) is 19.2 Å². The molecule has 29 heavy (non-hydrogen) atoms. The van der Waals surface area contributed by atoms with E-state index in [0.717, 1.165) is 25.7 Å². The molecular formula is C23H36N2O4. The molecule has 162 valence electrons. The Balaban J connectivity index is 0.000000296. The molecule has 0 spiro atoms. The van der Waals surface area contributed by atoms with E-state index in [1.807, 2.05) is 6.92 Å². The minimum Gasteiger partial charge on any atom is -0.275 e. The molecule has 0 atom stereocenters. The quantitative estimate of drug-likeness (QED) is 0.427. The van der Waals surface area contributed by atoms with Gasteiger partial charge < -0.3 is 0 Å². The maximum absolute atomic E-state index is 11.7. The molecule has 0 aromatic carbocycles. The number of nitrogens with zero attached hydrogens (tertiary/aromatic N) is 2. The summed E-state index contributed by atoms with van der Waals surface area (Å²) < 4.78 is 0. The molecule has 6 nitrogen and oxygen atoms in total. The van der Waals surface area contributed by atoms with Crippen LogP contribution in [0.5, 0.6) is 0 Å². The van der Waals surface area contributed by atoms with Crippen molar-refractivity contribution in [3.63, 3.8) is 0 Å². The Morgan fingerprint density at radius 1 is 0.483 bits per heavy atom. The van der Waals surface area contributed by atoms with Crippen LogP contribution in [0.2, 0.25) is 0 Å². The van der Waals surface area contributed by atoms with Crippen LogP contribution in [0.15, 0.2) is 22.3 Å². The van der Waals surface area contributed by atoms with E-state index < -0.39 is 0 Å². The summed E-state index contributed by atoms with van der Waals surface area (Å²) in [6, 6.07) is 0. The highest BCUT2D eigenvalue weighted by Crippen LogP contribution is 2.21. The van der Waals surface area contributed by atoms with Crippen LogP contribution in [-0.4, -0.2) is 46.5 Å². The van der Waals surface area contributed by atoms with Crippen molar-refractivity contribution in [1.82, 2.24) is 9.80 Å². The van der Waals surface area contributed by atoms with Crippen LogP contribution in [0, 0.1) is 0 Å². The van der Waals surface area contributed by atoms with Gasteiger partial charge in [0.1, 0.15) is 0 Å². The third-order valence-corrected chi connectivity index (χ3v) is 5.61. The second kappa shape index (κ2) is 11.7. The average Bonchev–Trinajstić information content (AvgIpc) is 3.01. The minimum absolute atomic E-state index is 0.0991. The van der Waals surface area contributed by atoms with E-state index in [2.05, 4.69) is 6.92 Å². The van der Waals surface area contributed by atoms with Gasteiger partial charge in [0.2, 0.25) is 0 Å². The lowest BCUT2D eigenvalue weighted by molar-refractivity contribution is -0.139. The van der Waals surface area contributed by atoms with Gasteiger partial charge in [0.25, 0.3) is 23.6 Å². The zero-order valence-electron chi connectivity index (χ0n) is 18.9. The lowest BCUT2D eigenvalue weighted by Gasteiger charge is -2.14. The molecule has 2 heterocycles. The monoisotopic (exact) mass is 404 g/mol. The van der Waals surface area contributed by atoms with E-state index in [-0.39, 0.29) is 23.6 Å². The van der Waals surface area contributed by atoms with Crippen LogP contribution in [0.4, 0.5) is 0 Å². The first kappa shape index (κ1) is 24.8. The Kier molecular flexibility index (Phi) is 9.99. The molecule has 0 aromatic heterocycles. The number of amides is 4. The van der Waals surface area contributed by atoms with E-state index in [9.17, 15) is 19.2 Å². The number of rotatable bonds is 9. The summed E-state index contributed by atoms with van der Waals surface area (Å²) in [6.45, 7) is 12.2. The predicted octanol–water partition coefficient (Wildman–Crippen LogP) is 4.15. The number of hydrogen-bond donors (Lipinski definition) is 0. The maximum atomic E-state index is 11.7. The third kappa shape index (κ3) is 6.12. The molecule has 0 saturated carbocycles. The molecule has 0 aromatic rings.